The smallest absolute Gasteiger partial charge is 0.257 e. The summed E-state index contributed by atoms with van der Waals surface area (Å²) in [6, 6.07) is 5.03. The molecule has 8 heteroatoms. The van der Waals surface area contributed by atoms with E-state index in [1.807, 2.05) is 6.92 Å². The fraction of sp³-hybridized carbons (Fsp3) is 0.471. The first-order chi connectivity index (χ1) is 12.0. The van der Waals surface area contributed by atoms with Gasteiger partial charge in [0.15, 0.2) is 5.11 Å². The molecule has 6 nitrogen and oxygen atoms in total. The van der Waals surface area contributed by atoms with Crippen LogP contribution in [0.1, 0.15) is 56.3 Å². The van der Waals surface area contributed by atoms with Crippen molar-refractivity contribution in [3.63, 3.8) is 0 Å². The Labute approximate surface area is 162 Å². The van der Waals surface area contributed by atoms with Crippen LogP contribution in [0.5, 0.6) is 5.75 Å². The Balaban J connectivity index is 2.45. The molecule has 0 bridgehead atoms. The summed E-state index contributed by atoms with van der Waals surface area (Å²) >= 11 is 8.39. The third-order valence-electron chi connectivity index (χ3n) is 3.21. The third kappa shape index (κ3) is 8.31. The lowest BCUT2D eigenvalue weighted by Gasteiger charge is -2.12. The Morgan fingerprint density at radius 3 is 2.56 bits per heavy atom. The number of halogens is 1. The monoisotopic (exact) mass is 429 g/mol. The Kier molecular flexibility index (Phi) is 10.1. The predicted octanol–water partition coefficient (Wildman–Crippen LogP) is 3.45. The average molecular weight is 430 g/mol. The van der Waals surface area contributed by atoms with E-state index in [0.29, 0.717) is 28.8 Å². The molecular weight excluding hydrogens is 406 g/mol. The Hall–Kier alpha value is -1.67. The molecule has 2 amide bonds. The molecule has 0 saturated heterocycles. The number of nitrogens with one attached hydrogen (secondary N) is 3. The number of rotatable bonds is 8. The first-order valence-electron chi connectivity index (χ1n) is 8.30. The van der Waals surface area contributed by atoms with Crippen LogP contribution < -0.4 is 20.9 Å². The van der Waals surface area contributed by atoms with Crippen molar-refractivity contribution in [3.05, 3.63) is 28.2 Å². The highest BCUT2D eigenvalue weighted by Gasteiger charge is 2.11. The van der Waals surface area contributed by atoms with Crippen molar-refractivity contribution in [2.45, 2.75) is 46.0 Å². The van der Waals surface area contributed by atoms with E-state index in [1.165, 1.54) is 0 Å². The van der Waals surface area contributed by atoms with Crippen molar-refractivity contribution < 1.29 is 14.3 Å². The number of carbonyl (C=O) groups excluding carboxylic acids is 2. The molecule has 0 unspecified atom stereocenters. The minimum absolute atomic E-state index is 0.0382. The maximum atomic E-state index is 12.2. The van der Waals surface area contributed by atoms with E-state index in [2.05, 4.69) is 39.0 Å². The van der Waals surface area contributed by atoms with Crippen LogP contribution in [0.3, 0.4) is 0 Å². The van der Waals surface area contributed by atoms with Gasteiger partial charge in [-0.1, -0.05) is 26.7 Å². The molecule has 1 rings (SSSR count). The topological polar surface area (TPSA) is 79.5 Å². The molecule has 0 spiro atoms. The summed E-state index contributed by atoms with van der Waals surface area (Å²) in [5.74, 6) is 0.143. The molecule has 25 heavy (non-hydrogen) atoms. The average Bonchev–Trinajstić information content (AvgIpc) is 2.59. The normalized spacial score (nSPS) is 10.0. The summed E-state index contributed by atoms with van der Waals surface area (Å²) in [6.45, 7) is 4.70. The largest absolute Gasteiger partial charge is 0.492 e. The SMILES string of the molecule is CCCCCC(=O)NNC(=S)NC(=O)c1ccc(OCCC)c(Br)c1. The highest BCUT2D eigenvalue weighted by Crippen LogP contribution is 2.26. The lowest BCUT2D eigenvalue weighted by Crippen LogP contribution is -2.48. The van der Waals surface area contributed by atoms with Crippen LogP contribution >= 0.6 is 28.1 Å². The quantitative estimate of drug-likeness (QED) is 0.335. The number of hydrazine groups is 1. The van der Waals surface area contributed by atoms with Gasteiger partial charge in [0, 0.05) is 12.0 Å². The van der Waals surface area contributed by atoms with Gasteiger partial charge in [0.2, 0.25) is 5.91 Å². The van der Waals surface area contributed by atoms with Crippen molar-refractivity contribution in [1.29, 1.82) is 0 Å². The van der Waals surface area contributed by atoms with Gasteiger partial charge in [0.1, 0.15) is 5.75 Å². The molecule has 0 aliphatic heterocycles. The van der Waals surface area contributed by atoms with Crippen LogP contribution in [0.4, 0.5) is 0 Å². The van der Waals surface area contributed by atoms with Gasteiger partial charge in [-0.25, -0.2) is 0 Å². The first kappa shape index (κ1) is 21.4. The second-order valence-electron chi connectivity index (χ2n) is 5.41. The van der Waals surface area contributed by atoms with Gasteiger partial charge in [-0.05, 0) is 59.2 Å². The van der Waals surface area contributed by atoms with Gasteiger partial charge in [-0.2, -0.15) is 0 Å². The van der Waals surface area contributed by atoms with Crippen LogP contribution in [0, 0.1) is 0 Å². The Morgan fingerprint density at radius 1 is 1.16 bits per heavy atom. The van der Waals surface area contributed by atoms with E-state index in [0.717, 1.165) is 25.7 Å². The van der Waals surface area contributed by atoms with Crippen molar-refractivity contribution in [3.8, 4) is 5.75 Å². The van der Waals surface area contributed by atoms with Crippen LogP contribution in [0.25, 0.3) is 0 Å². The van der Waals surface area contributed by atoms with Crippen LogP contribution in [-0.2, 0) is 4.79 Å². The fourth-order valence-electron chi connectivity index (χ4n) is 1.90. The molecule has 138 valence electrons. The van der Waals surface area contributed by atoms with Crippen LogP contribution in [0.15, 0.2) is 22.7 Å². The van der Waals surface area contributed by atoms with E-state index < -0.39 is 0 Å². The van der Waals surface area contributed by atoms with E-state index in [-0.39, 0.29) is 16.9 Å². The summed E-state index contributed by atoms with van der Waals surface area (Å²) in [5, 5.41) is 2.55. The van der Waals surface area contributed by atoms with Gasteiger partial charge in [0.05, 0.1) is 11.1 Å². The molecule has 1 aromatic rings. The summed E-state index contributed by atoms with van der Waals surface area (Å²) in [6.07, 6.45) is 4.19. The maximum Gasteiger partial charge on any atom is 0.257 e. The lowest BCUT2D eigenvalue weighted by atomic mass is 10.2. The van der Waals surface area contributed by atoms with Crippen molar-refractivity contribution in [2.75, 3.05) is 6.61 Å². The maximum absolute atomic E-state index is 12.2. The summed E-state index contributed by atoms with van der Waals surface area (Å²) in [4.78, 5) is 23.8. The number of carbonyl (C=O) groups is 2. The fourth-order valence-corrected chi connectivity index (χ4v) is 2.54. The summed E-state index contributed by atoms with van der Waals surface area (Å²) < 4.78 is 6.23. The molecule has 0 saturated carbocycles. The molecule has 0 aliphatic carbocycles. The molecule has 1 aromatic carbocycles. The number of thiocarbonyl (C=S) groups is 1. The lowest BCUT2D eigenvalue weighted by molar-refractivity contribution is -0.121. The minimum Gasteiger partial charge on any atom is -0.492 e. The van der Waals surface area contributed by atoms with Gasteiger partial charge in [-0.3, -0.25) is 25.8 Å². The molecule has 0 heterocycles. The molecule has 0 aliphatic rings. The van der Waals surface area contributed by atoms with Gasteiger partial charge in [0.25, 0.3) is 5.91 Å². The third-order valence-corrected chi connectivity index (χ3v) is 4.03. The number of ether oxygens (including phenoxy) is 1. The number of unbranched alkanes of at least 4 members (excludes halogenated alkanes) is 2. The van der Waals surface area contributed by atoms with Crippen molar-refractivity contribution >= 4 is 45.1 Å². The second kappa shape index (κ2) is 11.8. The standard InChI is InChI=1S/C17H24BrN3O3S/c1-3-5-6-7-15(22)20-21-17(25)19-16(23)12-8-9-14(13(18)11-12)24-10-4-2/h8-9,11H,3-7,10H2,1-2H3,(H,20,22)(H2,19,21,23,25). The van der Waals surface area contributed by atoms with Gasteiger partial charge < -0.3 is 4.74 Å². The molecular formula is C17H24BrN3O3S. The molecule has 0 fully saturated rings. The zero-order chi connectivity index (χ0) is 18.7. The van der Waals surface area contributed by atoms with E-state index >= 15 is 0 Å². The Morgan fingerprint density at radius 2 is 1.92 bits per heavy atom. The minimum atomic E-state index is -0.375. The van der Waals surface area contributed by atoms with Gasteiger partial charge >= 0.3 is 0 Å². The predicted molar refractivity (Wildman–Crippen MR) is 105 cm³/mol. The van der Waals surface area contributed by atoms with Crippen LogP contribution in [0.2, 0.25) is 0 Å². The number of amides is 2. The molecule has 0 aromatic heterocycles. The van der Waals surface area contributed by atoms with Crippen LogP contribution in [-0.4, -0.2) is 23.5 Å². The number of hydrogen-bond acceptors (Lipinski definition) is 4. The highest BCUT2D eigenvalue weighted by molar-refractivity contribution is 9.10. The first-order valence-corrected chi connectivity index (χ1v) is 9.50. The zero-order valence-corrected chi connectivity index (χ0v) is 16.9. The molecule has 3 N–H and O–H groups in total. The van der Waals surface area contributed by atoms with Gasteiger partial charge in [-0.15, -0.1) is 0 Å². The van der Waals surface area contributed by atoms with E-state index in [1.54, 1.807) is 18.2 Å². The van der Waals surface area contributed by atoms with E-state index in [9.17, 15) is 9.59 Å². The Bertz CT molecular complexity index is 611. The summed E-state index contributed by atoms with van der Waals surface area (Å²) in [5.41, 5.74) is 5.42. The zero-order valence-electron chi connectivity index (χ0n) is 14.5. The van der Waals surface area contributed by atoms with E-state index in [4.69, 9.17) is 17.0 Å². The van der Waals surface area contributed by atoms with Crippen molar-refractivity contribution in [1.82, 2.24) is 16.2 Å². The molecule has 0 atom stereocenters. The number of hydrogen-bond donors (Lipinski definition) is 3. The highest BCUT2D eigenvalue weighted by atomic mass is 79.9. The summed E-state index contributed by atoms with van der Waals surface area (Å²) in [7, 11) is 0. The van der Waals surface area contributed by atoms with Crippen molar-refractivity contribution in [2.24, 2.45) is 0 Å². The number of benzene rings is 1. The molecule has 0 radical (unpaired) electrons. The second-order valence-corrected chi connectivity index (χ2v) is 6.67.